The fraction of sp³-hybridized carbons (Fsp3) is 0.652. The SMILES string of the molecule is CCCN(CCC1CCC(NS(=O)(=O)c2cccnc2Cl)CC1)[C@@H]1CCc2nc(N)sc2C1. The van der Waals surface area contributed by atoms with Gasteiger partial charge in [-0.15, -0.1) is 11.3 Å². The van der Waals surface area contributed by atoms with Crippen LogP contribution in [0, 0.1) is 5.92 Å². The molecular formula is C23H34ClN5O2S2. The molecule has 2 aromatic heterocycles. The Morgan fingerprint density at radius 1 is 1.24 bits per heavy atom. The molecule has 2 heterocycles. The Balaban J connectivity index is 1.26. The molecule has 0 unspecified atom stereocenters. The summed E-state index contributed by atoms with van der Waals surface area (Å²) in [7, 11) is -3.64. The number of sulfonamides is 1. The molecule has 3 N–H and O–H groups in total. The van der Waals surface area contributed by atoms with Gasteiger partial charge in [0, 0.05) is 23.2 Å². The largest absolute Gasteiger partial charge is 0.375 e. The van der Waals surface area contributed by atoms with Gasteiger partial charge in [0.05, 0.1) is 5.69 Å². The van der Waals surface area contributed by atoms with Crippen molar-refractivity contribution in [1.82, 2.24) is 19.6 Å². The van der Waals surface area contributed by atoms with Crippen molar-refractivity contribution in [3.05, 3.63) is 34.1 Å². The van der Waals surface area contributed by atoms with Gasteiger partial charge in [0.2, 0.25) is 10.0 Å². The molecule has 182 valence electrons. The van der Waals surface area contributed by atoms with Gasteiger partial charge >= 0.3 is 0 Å². The Hall–Kier alpha value is -1.26. The van der Waals surface area contributed by atoms with E-state index < -0.39 is 10.0 Å². The summed E-state index contributed by atoms with van der Waals surface area (Å²) in [5.74, 6) is 0.644. The molecule has 4 rings (SSSR count). The fourth-order valence-electron chi connectivity index (χ4n) is 5.23. The van der Waals surface area contributed by atoms with Crippen molar-refractivity contribution in [2.75, 3.05) is 18.8 Å². The number of thiazole rings is 1. The summed E-state index contributed by atoms with van der Waals surface area (Å²) < 4.78 is 28.2. The first-order valence-electron chi connectivity index (χ1n) is 12.0. The van der Waals surface area contributed by atoms with Crippen LogP contribution in [0.5, 0.6) is 0 Å². The van der Waals surface area contributed by atoms with E-state index in [-0.39, 0.29) is 16.1 Å². The number of rotatable bonds is 9. The number of aryl methyl sites for hydroxylation is 1. The van der Waals surface area contributed by atoms with Crippen LogP contribution in [0.1, 0.15) is 62.4 Å². The Labute approximate surface area is 206 Å². The van der Waals surface area contributed by atoms with E-state index >= 15 is 0 Å². The number of nitrogens with one attached hydrogen (secondary N) is 1. The van der Waals surface area contributed by atoms with E-state index in [0.29, 0.717) is 17.1 Å². The van der Waals surface area contributed by atoms with E-state index in [1.165, 1.54) is 29.3 Å². The quantitative estimate of drug-likeness (QED) is 0.487. The minimum atomic E-state index is -3.64. The number of anilines is 1. The molecule has 0 aromatic carbocycles. The van der Waals surface area contributed by atoms with Crippen molar-refractivity contribution in [1.29, 1.82) is 0 Å². The number of pyridine rings is 1. The molecule has 1 atom stereocenters. The highest BCUT2D eigenvalue weighted by Gasteiger charge is 2.29. The lowest BCUT2D eigenvalue weighted by molar-refractivity contribution is 0.158. The van der Waals surface area contributed by atoms with Crippen LogP contribution in [-0.2, 0) is 22.9 Å². The van der Waals surface area contributed by atoms with E-state index in [2.05, 4.69) is 26.5 Å². The van der Waals surface area contributed by atoms with E-state index in [0.717, 1.165) is 64.5 Å². The van der Waals surface area contributed by atoms with Gasteiger partial charge in [0.1, 0.15) is 10.0 Å². The zero-order chi connectivity index (χ0) is 23.4. The van der Waals surface area contributed by atoms with Crippen LogP contribution in [0.15, 0.2) is 23.2 Å². The number of nitrogens with two attached hydrogens (primary N) is 1. The molecule has 2 aliphatic rings. The van der Waals surface area contributed by atoms with E-state index in [9.17, 15) is 8.42 Å². The average Bonchev–Trinajstić information content (AvgIpc) is 3.17. The van der Waals surface area contributed by atoms with E-state index in [4.69, 9.17) is 17.3 Å². The molecule has 0 amide bonds. The van der Waals surface area contributed by atoms with Crippen molar-refractivity contribution < 1.29 is 8.42 Å². The summed E-state index contributed by atoms with van der Waals surface area (Å²) in [6.45, 7) is 4.47. The number of halogens is 1. The Bertz CT molecular complexity index is 1040. The minimum Gasteiger partial charge on any atom is -0.375 e. The lowest BCUT2D eigenvalue weighted by atomic mass is 9.84. The third-order valence-corrected chi connectivity index (χ3v) is 9.88. The summed E-state index contributed by atoms with van der Waals surface area (Å²) in [6, 6.07) is 3.63. The lowest BCUT2D eigenvalue weighted by Crippen LogP contribution is -2.41. The van der Waals surface area contributed by atoms with Crippen LogP contribution >= 0.6 is 22.9 Å². The van der Waals surface area contributed by atoms with Gasteiger partial charge in [-0.2, -0.15) is 0 Å². The molecule has 7 nitrogen and oxygen atoms in total. The maximum atomic E-state index is 12.7. The first kappa shape index (κ1) is 24.9. The smallest absolute Gasteiger partial charge is 0.243 e. The predicted octanol–water partition coefficient (Wildman–Crippen LogP) is 4.27. The van der Waals surface area contributed by atoms with Crippen LogP contribution in [0.4, 0.5) is 5.13 Å². The van der Waals surface area contributed by atoms with Crippen LogP contribution in [-0.4, -0.2) is 48.5 Å². The molecule has 33 heavy (non-hydrogen) atoms. The minimum absolute atomic E-state index is 0.0190. The summed E-state index contributed by atoms with van der Waals surface area (Å²) in [5.41, 5.74) is 7.13. The topological polar surface area (TPSA) is 101 Å². The molecule has 10 heteroatoms. The highest BCUT2D eigenvalue weighted by Crippen LogP contribution is 2.32. The fourth-order valence-corrected chi connectivity index (χ4v) is 7.93. The molecule has 0 spiro atoms. The molecule has 1 saturated carbocycles. The maximum absolute atomic E-state index is 12.7. The van der Waals surface area contributed by atoms with Crippen molar-refractivity contribution >= 4 is 38.1 Å². The third kappa shape index (κ3) is 6.25. The van der Waals surface area contributed by atoms with Gasteiger partial charge in [-0.25, -0.2) is 23.1 Å². The Morgan fingerprint density at radius 2 is 2.03 bits per heavy atom. The molecule has 0 saturated heterocycles. The summed E-state index contributed by atoms with van der Waals surface area (Å²) in [4.78, 5) is 12.5. The Morgan fingerprint density at radius 3 is 2.76 bits per heavy atom. The molecule has 0 aliphatic heterocycles. The standard InChI is InChI=1S/C23H34ClN5O2S2/c1-2-13-29(18-9-10-19-20(15-18)32-23(25)27-19)14-11-16-5-7-17(8-6-16)28-33(30,31)21-4-3-12-26-22(21)24/h3-4,12,16-18,28H,2,5-11,13-15H2,1H3,(H2,25,27)/t16?,17?,18-/m1/s1. The van der Waals surface area contributed by atoms with Crippen molar-refractivity contribution in [3.63, 3.8) is 0 Å². The second kappa shape index (κ2) is 11.0. The molecule has 2 aliphatic carbocycles. The molecular weight excluding hydrogens is 478 g/mol. The number of aromatic nitrogens is 2. The van der Waals surface area contributed by atoms with Crippen LogP contribution < -0.4 is 10.5 Å². The first-order valence-corrected chi connectivity index (χ1v) is 14.6. The molecule has 1 fully saturated rings. The zero-order valence-electron chi connectivity index (χ0n) is 19.2. The van der Waals surface area contributed by atoms with Gasteiger partial charge in [-0.05, 0) is 88.9 Å². The number of fused-ring (bicyclic) bond motifs is 1. The van der Waals surface area contributed by atoms with Gasteiger partial charge < -0.3 is 10.6 Å². The second-order valence-electron chi connectivity index (χ2n) is 9.27. The average molecular weight is 512 g/mol. The number of hydrogen-bond donors (Lipinski definition) is 2. The predicted molar refractivity (Wildman–Crippen MR) is 134 cm³/mol. The van der Waals surface area contributed by atoms with Crippen LogP contribution in [0.3, 0.4) is 0 Å². The van der Waals surface area contributed by atoms with Crippen molar-refractivity contribution in [2.24, 2.45) is 5.92 Å². The van der Waals surface area contributed by atoms with Crippen LogP contribution in [0.25, 0.3) is 0 Å². The van der Waals surface area contributed by atoms with Gasteiger partial charge in [0.15, 0.2) is 5.13 Å². The van der Waals surface area contributed by atoms with E-state index in [1.54, 1.807) is 17.4 Å². The lowest BCUT2D eigenvalue weighted by Gasteiger charge is -2.36. The number of hydrogen-bond acceptors (Lipinski definition) is 7. The molecule has 2 aromatic rings. The normalized spacial score (nSPS) is 23.5. The monoisotopic (exact) mass is 511 g/mol. The highest BCUT2D eigenvalue weighted by atomic mass is 35.5. The van der Waals surface area contributed by atoms with E-state index in [1.807, 2.05) is 0 Å². The molecule has 0 radical (unpaired) electrons. The maximum Gasteiger partial charge on any atom is 0.243 e. The zero-order valence-corrected chi connectivity index (χ0v) is 21.6. The molecule has 0 bridgehead atoms. The summed E-state index contributed by atoms with van der Waals surface area (Å²) in [5, 5.41) is 0.714. The first-order chi connectivity index (χ1) is 15.9. The van der Waals surface area contributed by atoms with Gasteiger partial charge in [-0.1, -0.05) is 18.5 Å². The number of nitrogens with zero attached hydrogens (tertiary/aromatic N) is 3. The van der Waals surface area contributed by atoms with Gasteiger partial charge in [-0.3, -0.25) is 0 Å². The summed E-state index contributed by atoms with van der Waals surface area (Å²) in [6.07, 6.45) is 10.9. The van der Waals surface area contributed by atoms with Crippen molar-refractivity contribution in [2.45, 2.75) is 81.7 Å². The number of nitrogen functional groups attached to an aromatic ring is 1. The Kier molecular flexibility index (Phi) is 8.28. The highest BCUT2D eigenvalue weighted by molar-refractivity contribution is 7.89. The van der Waals surface area contributed by atoms with Gasteiger partial charge in [0.25, 0.3) is 0 Å². The van der Waals surface area contributed by atoms with Crippen molar-refractivity contribution in [3.8, 4) is 0 Å². The second-order valence-corrected chi connectivity index (χ2v) is 12.4. The third-order valence-electron chi connectivity index (χ3n) is 6.96. The van der Waals surface area contributed by atoms with Crippen LogP contribution in [0.2, 0.25) is 5.15 Å². The summed E-state index contributed by atoms with van der Waals surface area (Å²) >= 11 is 7.65.